The van der Waals surface area contributed by atoms with Gasteiger partial charge in [-0.25, -0.2) is 0 Å². The highest BCUT2D eigenvalue weighted by Gasteiger charge is 2.15. The summed E-state index contributed by atoms with van der Waals surface area (Å²) in [6, 6.07) is 11.2. The zero-order valence-electron chi connectivity index (χ0n) is 11.3. The van der Waals surface area contributed by atoms with Crippen LogP contribution in [0.15, 0.2) is 42.6 Å². The van der Waals surface area contributed by atoms with E-state index in [1.165, 1.54) is 0 Å². The first-order valence-electron chi connectivity index (χ1n) is 6.48. The Morgan fingerprint density at radius 1 is 1.10 bits per heavy atom. The quantitative estimate of drug-likeness (QED) is 0.767. The smallest absolute Gasteiger partial charge is 0.0803 e. The average molecular weight is 318 g/mol. The third-order valence-corrected chi connectivity index (χ3v) is 3.85. The zero-order valence-corrected chi connectivity index (χ0v) is 12.9. The molecule has 0 saturated heterocycles. The number of aromatic nitrogens is 2. The number of fused-ring (bicyclic) bond motifs is 1. The number of pyridine rings is 2. The van der Waals surface area contributed by atoms with Crippen LogP contribution in [0.25, 0.3) is 10.9 Å². The van der Waals surface area contributed by atoms with E-state index in [0.29, 0.717) is 15.7 Å². The largest absolute Gasteiger partial charge is 0.319 e. The van der Waals surface area contributed by atoms with Gasteiger partial charge in [-0.05, 0) is 36.8 Å². The summed E-state index contributed by atoms with van der Waals surface area (Å²) >= 11 is 12.0. The molecule has 106 valence electrons. The van der Waals surface area contributed by atoms with Crippen molar-refractivity contribution in [3.63, 3.8) is 0 Å². The number of hydrogen-bond donors (Lipinski definition) is 1. The minimum absolute atomic E-state index is 0.402. The summed E-state index contributed by atoms with van der Waals surface area (Å²) in [7, 11) is 0. The minimum atomic E-state index is -0.402. The van der Waals surface area contributed by atoms with Gasteiger partial charge in [0, 0.05) is 17.3 Å². The van der Waals surface area contributed by atoms with E-state index >= 15 is 0 Å². The summed E-state index contributed by atoms with van der Waals surface area (Å²) in [5, 5.41) is 2.00. The lowest BCUT2D eigenvalue weighted by atomic mass is 10.0. The highest BCUT2D eigenvalue weighted by molar-refractivity contribution is 6.34. The van der Waals surface area contributed by atoms with Gasteiger partial charge in [-0.1, -0.05) is 35.3 Å². The molecule has 0 spiro atoms. The number of halogens is 2. The Labute approximate surface area is 132 Å². The molecule has 0 saturated carbocycles. The van der Waals surface area contributed by atoms with Crippen LogP contribution in [0.1, 0.15) is 23.0 Å². The second-order valence-electron chi connectivity index (χ2n) is 4.90. The van der Waals surface area contributed by atoms with Gasteiger partial charge in [0.05, 0.1) is 27.3 Å². The van der Waals surface area contributed by atoms with Crippen LogP contribution in [0.4, 0.5) is 0 Å². The molecule has 0 amide bonds. The number of rotatable bonds is 2. The number of benzene rings is 1. The molecule has 1 aromatic carbocycles. The van der Waals surface area contributed by atoms with Crippen LogP contribution in [0.3, 0.4) is 0 Å². The monoisotopic (exact) mass is 317 g/mol. The van der Waals surface area contributed by atoms with Crippen LogP contribution in [0.5, 0.6) is 0 Å². The maximum atomic E-state index is 6.28. The van der Waals surface area contributed by atoms with Gasteiger partial charge in [0.15, 0.2) is 0 Å². The molecule has 21 heavy (non-hydrogen) atoms. The highest BCUT2D eigenvalue weighted by atomic mass is 35.5. The molecule has 2 heterocycles. The van der Waals surface area contributed by atoms with Gasteiger partial charge in [-0.3, -0.25) is 9.97 Å². The molecule has 0 aliphatic carbocycles. The first-order chi connectivity index (χ1) is 10.0. The van der Waals surface area contributed by atoms with Gasteiger partial charge < -0.3 is 5.73 Å². The van der Waals surface area contributed by atoms with Gasteiger partial charge in [0.25, 0.3) is 0 Å². The van der Waals surface area contributed by atoms with Crippen molar-refractivity contribution in [2.24, 2.45) is 5.73 Å². The third kappa shape index (κ3) is 2.86. The number of nitrogens with zero attached hydrogens (tertiary/aromatic N) is 2. The molecule has 1 unspecified atom stereocenters. The molecule has 2 N–H and O–H groups in total. The summed E-state index contributed by atoms with van der Waals surface area (Å²) in [5.41, 5.74) is 9.76. The molecule has 0 fully saturated rings. The van der Waals surface area contributed by atoms with Crippen LogP contribution in [-0.2, 0) is 0 Å². The molecule has 3 rings (SSSR count). The fourth-order valence-electron chi connectivity index (χ4n) is 2.25. The number of hydrogen-bond acceptors (Lipinski definition) is 3. The summed E-state index contributed by atoms with van der Waals surface area (Å²) in [5.74, 6) is 0. The molecular formula is C16H13Cl2N3. The fourth-order valence-corrected chi connectivity index (χ4v) is 2.75. The van der Waals surface area contributed by atoms with E-state index in [1.54, 1.807) is 12.3 Å². The molecule has 0 aliphatic heterocycles. The van der Waals surface area contributed by atoms with Crippen LogP contribution in [0.2, 0.25) is 10.0 Å². The summed E-state index contributed by atoms with van der Waals surface area (Å²) in [4.78, 5) is 8.72. The lowest BCUT2D eigenvalue weighted by Crippen LogP contribution is -2.14. The van der Waals surface area contributed by atoms with Crippen LogP contribution in [-0.4, -0.2) is 9.97 Å². The predicted molar refractivity (Wildman–Crippen MR) is 86.8 cm³/mol. The number of aryl methyl sites for hydroxylation is 1. The summed E-state index contributed by atoms with van der Waals surface area (Å²) in [6.45, 7) is 1.97. The molecule has 3 aromatic rings. The van der Waals surface area contributed by atoms with E-state index in [4.69, 9.17) is 28.9 Å². The van der Waals surface area contributed by atoms with E-state index in [9.17, 15) is 0 Å². The summed E-state index contributed by atoms with van der Waals surface area (Å²) in [6.07, 6.45) is 1.55. The molecule has 0 radical (unpaired) electrons. The Morgan fingerprint density at radius 2 is 1.90 bits per heavy atom. The standard InChI is InChI=1S/C16H13Cl2N3/c1-9-2-3-10-6-11(4-5-14(10)21-9)15(19)16-13(18)7-12(17)8-20-16/h2-8,15H,19H2,1H3. The molecule has 5 heteroatoms. The van der Waals surface area contributed by atoms with Crippen molar-refractivity contribution >= 4 is 34.1 Å². The number of nitrogens with two attached hydrogens (primary N) is 1. The Morgan fingerprint density at radius 3 is 2.67 bits per heavy atom. The molecule has 1 atom stereocenters. The van der Waals surface area contributed by atoms with Crippen molar-refractivity contribution < 1.29 is 0 Å². The van der Waals surface area contributed by atoms with E-state index < -0.39 is 6.04 Å². The Balaban J connectivity index is 2.04. The van der Waals surface area contributed by atoms with Crippen molar-refractivity contribution in [1.82, 2.24) is 9.97 Å². The van der Waals surface area contributed by atoms with Crippen LogP contribution >= 0.6 is 23.2 Å². The highest BCUT2D eigenvalue weighted by Crippen LogP contribution is 2.28. The molecule has 3 nitrogen and oxygen atoms in total. The lowest BCUT2D eigenvalue weighted by molar-refractivity contribution is 0.830. The topological polar surface area (TPSA) is 51.8 Å². The van der Waals surface area contributed by atoms with Gasteiger partial charge in [-0.2, -0.15) is 0 Å². The first kappa shape index (κ1) is 14.3. The van der Waals surface area contributed by atoms with Gasteiger partial charge >= 0.3 is 0 Å². The maximum Gasteiger partial charge on any atom is 0.0803 e. The lowest BCUT2D eigenvalue weighted by Gasteiger charge is -2.14. The van der Waals surface area contributed by atoms with Crippen molar-refractivity contribution in [1.29, 1.82) is 0 Å². The maximum absolute atomic E-state index is 6.28. The molecular weight excluding hydrogens is 305 g/mol. The van der Waals surface area contributed by atoms with E-state index in [0.717, 1.165) is 22.2 Å². The van der Waals surface area contributed by atoms with E-state index in [2.05, 4.69) is 9.97 Å². The Bertz CT molecular complexity index is 818. The minimum Gasteiger partial charge on any atom is -0.319 e. The van der Waals surface area contributed by atoms with Crippen molar-refractivity contribution in [2.75, 3.05) is 0 Å². The Hall–Kier alpha value is -1.68. The fraction of sp³-hybridized carbons (Fsp3) is 0.125. The Kier molecular flexibility index (Phi) is 3.81. The predicted octanol–water partition coefficient (Wildman–Crippen LogP) is 4.29. The van der Waals surface area contributed by atoms with Crippen LogP contribution in [0, 0.1) is 6.92 Å². The average Bonchev–Trinajstić information content (AvgIpc) is 2.46. The van der Waals surface area contributed by atoms with Crippen LogP contribution < -0.4 is 5.73 Å². The molecule has 0 bridgehead atoms. The van der Waals surface area contributed by atoms with E-state index in [1.807, 2.05) is 37.3 Å². The van der Waals surface area contributed by atoms with Crippen molar-refractivity contribution in [3.05, 3.63) is 69.6 Å². The zero-order chi connectivity index (χ0) is 15.0. The van der Waals surface area contributed by atoms with Crippen molar-refractivity contribution in [3.8, 4) is 0 Å². The molecule has 0 aliphatic rings. The second kappa shape index (κ2) is 5.60. The van der Waals surface area contributed by atoms with Gasteiger partial charge in [0.1, 0.15) is 0 Å². The third-order valence-electron chi connectivity index (χ3n) is 3.34. The van der Waals surface area contributed by atoms with Gasteiger partial charge in [-0.15, -0.1) is 0 Å². The van der Waals surface area contributed by atoms with Crippen molar-refractivity contribution in [2.45, 2.75) is 13.0 Å². The SMILES string of the molecule is Cc1ccc2cc(C(N)c3ncc(Cl)cc3Cl)ccc2n1. The van der Waals surface area contributed by atoms with Gasteiger partial charge in [0.2, 0.25) is 0 Å². The molecule has 2 aromatic heterocycles. The normalized spacial score (nSPS) is 12.6. The first-order valence-corrected chi connectivity index (χ1v) is 7.24. The summed E-state index contributed by atoms with van der Waals surface area (Å²) < 4.78 is 0. The van der Waals surface area contributed by atoms with E-state index in [-0.39, 0.29) is 0 Å². The second-order valence-corrected chi connectivity index (χ2v) is 5.75.